The lowest BCUT2D eigenvalue weighted by molar-refractivity contribution is 0.0588. The minimum atomic E-state index is -2.86. The van der Waals surface area contributed by atoms with Crippen molar-refractivity contribution in [2.45, 2.75) is 12.5 Å². The van der Waals surface area contributed by atoms with Gasteiger partial charge in [-0.3, -0.25) is 9.69 Å². The van der Waals surface area contributed by atoms with Crippen LogP contribution in [0.25, 0.3) is 5.52 Å². The highest BCUT2D eigenvalue weighted by Gasteiger charge is 2.34. The molecule has 2 fully saturated rings. The van der Waals surface area contributed by atoms with Crippen LogP contribution in [0.3, 0.4) is 0 Å². The van der Waals surface area contributed by atoms with Gasteiger partial charge in [-0.2, -0.15) is 0 Å². The van der Waals surface area contributed by atoms with E-state index in [0.29, 0.717) is 24.4 Å². The number of piperazine rings is 1. The number of nitrogens with zero attached hydrogens (tertiary/aromatic N) is 3. The van der Waals surface area contributed by atoms with Crippen LogP contribution >= 0.6 is 0 Å². The molecule has 2 aliphatic rings. The van der Waals surface area contributed by atoms with Crippen LogP contribution < -0.4 is 0 Å². The molecule has 7 heteroatoms. The van der Waals surface area contributed by atoms with Gasteiger partial charge in [-0.1, -0.05) is 6.07 Å². The number of hydrogen-bond acceptors (Lipinski definition) is 4. The van der Waals surface area contributed by atoms with E-state index in [1.165, 1.54) is 0 Å². The van der Waals surface area contributed by atoms with Gasteiger partial charge in [0.2, 0.25) is 0 Å². The molecule has 1 amide bonds. The first-order chi connectivity index (χ1) is 11.5. The Balaban J connectivity index is 1.41. The molecule has 2 aromatic heterocycles. The number of carbonyl (C=O) groups is 1. The lowest BCUT2D eigenvalue weighted by atomic mass is 10.1. The van der Waals surface area contributed by atoms with E-state index in [0.717, 1.165) is 25.0 Å². The average Bonchev–Trinajstić information content (AvgIpc) is 3.17. The molecule has 0 bridgehead atoms. The summed E-state index contributed by atoms with van der Waals surface area (Å²) in [6.45, 7) is 2.81. The SMILES string of the molecule is O=C(c1cc2ccccn2c1)N1CCN(C2CCS(=O)(=O)C2)CC1. The molecule has 0 aliphatic carbocycles. The maximum absolute atomic E-state index is 12.7. The van der Waals surface area contributed by atoms with Crippen LogP contribution in [0.5, 0.6) is 0 Å². The van der Waals surface area contributed by atoms with Gasteiger partial charge in [0, 0.05) is 50.1 Å². The van der Waals surface area contributed by atoms with Crippen molar-refractivity contribution in [3.63, 3.8) is 0 Å². The fourth-order valence-electron chi connectivity index (χ4n) is 3.71. The van der Waals surface area contributed by atoms with Crippen molar-refractivity contribution in [2.24, 2.45) is 0 Å². The van der Waals surface area contributed by atoms with Gasteiger partial charge in [0.25, 0.3) is 5.91 Å². The van der Waals surface area contributed by atoms with Gasteiger partial charge in [0.05, 0.1) is 17.1 Å². The summed E-state index contributed by atoms with van der Waals surface area (Å²) >= 11 is 0. The molecule has 0 radical (unpaired) electrons. The Bertz CT molecular complexity index is 833. The molecule has 1 atom stereocenters. The van der Waals surface area contributed by atoms with Crippen molar-refractivity contribution in [3.05, 3.63) is 42.2 Å². The molecule has 24 heavy (non-hydrogen) atoms. The second-order valence-corrected chi connectivity index (χ2v) is 8.88. The first-order valence-electron chi connectivity index (χ1n) is 8.32. The summed E-state index contributed by atoms with van der Waals surface area (Å²) in [5.41, 5.74) is 1.72. The number of pyridine rings is 1. The number of fused-ring (bicyclic) bond motifs is 1. The Morgan fingerprint density at radius 2 is 1.92 bits per heavy atom. The third-order valence-electron chi connectivity index (χ3n) is 5.08. The first-order valence-corrected chi connectivity index (χ1v) is 10.1. The smallest absolute Gasteiger partial charge is 0.255 e. The quantitative estimate of drug-likeness (QED) is 0.809. The monoisotopic (exact) mass is 347 g/mol. The predicted molar refractivity (Wildman–Crippen MR) is 91.9 cm³/mol. The molecule has 2 aliphatic heterocycles. The van der Waals surface area contributed by atoms with Crippen molar-refractivity contribution in [3.8, 4) is 0 Å². The molecule has 4 heterocycles. The molecule has 128 valence electrons. The van der Waals surface area contributed by atoms with Crippen LogP contribution in [-0.4, -0.2) is 72.3 Å². The third kappa shape index (κ3) is 2.93. The lowest BCUT2D eigenvalue weighted by Crippen LogP contribution is -2.52. The minimum Gasteiger partial charge on any atom is -0.336 e. The van der Waals surface area contributed by atoms with E-state index in [4.69, 9.17) is 0 Å². The molecule has 6 nitrogen and oxygen atoms in total. The number of sulfone groups is 1. The highest BCUT2D eigenvalue weighted by atomic mass is 32.2. The molecular weight excluding hydrogens is 326 g/mol. The molecule has 2 saturated heterocycles. The third-order valence-corrected chi connectivity index (χ3v) is 6.83. The summed E-state index contributed by atoms with van der Waals surface area (Å²) in [6.07, 6.45) is 4.53. The van der Waals surface area contributed by atoms with Crippen molar-refractivity contribution in [2.75, 3.05) is 37.7 Å². The van der Waals surface area contributed by atoms with Gasteiger partial charge in [-0.05, 0) is 24.6 Å². The molecule has 0 saturated carbocycles. The Labute approximate surface area is 141 Å². The van der Waals surface area contributed by atoms with Gasteiger partial charge < -0.3 is 9.30 Å². The van der Waals surface area contributed by atoms with Gasteiger partial charge in [0.15, 0.2) is 9.84 Å². The van der Waals surface area contributed by atoms with Crippen molar-refractivity contribution < 1.29 is 13.2 Å². The zero-order valence-electron chi connectivity index (χ0n) is 13.5. The van der Waals surface area contributed by atoms with Crippen LogP contribution in [0.4, 0.5) is 0 Å². The van der Waals surface area contributed by atoms with Crippen molar-refractivity contribution in [1.29, 1.82) is 0 Å². The fraction of sp³-hybridized carbons (Fsp3) is 0.471. The largest absolute Gasteiger partial charge is 0.336 e. The van der Waals surface area contributed by atoms with Gasteiger partial charge >= 0.3 is 0 Å². The van der Waals surface area contributed by atoms with Crippen molar-refractivity contribution in [1.82, 2.24) is 14.2 Å². The van der Waals surface area contributed by atoms with E-state index in [-0.39, 0.29) is 17.7 Å². The zero-order chi connectivity index (χ0) is 16.7. The Morgan fingerprint density at radius 1 is 1.12 bits per heavy atom. The molecular formula is C17H21N3O3S. The van der Waals surface area contributed by atoms with E-state index in [2.05, 4.69) is 4.90 Å². The van der Waals surface area contributed by atoms with E-state index in [9.17, 15) is 13.2 Å². The summed E-state index contributed by atoms with van der Waals surface area (Å²) in [7, 11) is -2.86. The summed E-state index contributed by atoms with van der Waals surface area (Å²) in [5.74, 6) is 0.623. The summed E-state index contributed by atoms with van der Waals surface area (Å²) in [6, 6.07) is 7.92. The number of aromatic nitrogens is 1. The van der Waals surface area contributed by atoms with Gasteiger partial charge in [-0.25, -0.2) is 8.42 Å². The number of hydrogen-bond donors (Lipinski definition) is 0. The topological polar surface area (TPSA) is 62.1 Å². The molecule has 2 aromatic rings. The van der Waals surface area contributed by atoms with Crippen LogP contribution in [-0.2, 0) is 9.84 Å². The Hall–Kier alpha value is -1.86. The van der Waals surface area contributed by atoms with E-state index in [1.54, 1.807) is 0 Å². The maximum atomic E-state index is 12.7. The lowest BCUT2D eigenvalue weighted by Gasteiger charge is -2.37. The molecule has 0 N–H and O–H groups in total. The summed E-state index contributed by atoms with van der Waals surface area (Å²) in [4.78, 5) is 16.8. The summed E-state index contributed by atoms with van der Waals surface area (Å²) < 4.78 is 25.2. The number of carbonyl (C=O) groups excluding carboxylic acids is 1. The van der Waals surface area contributed by atoms with E-state index < -0.39 is 9.84 Å². The van der Waals surface area contributed by atoms with E-state index >= 15 is 0 Å². The van der Waals surface area contributed by atoms with Crippen LogP contribution in [0, 0.1) is 0 Å². The predicted octanol–water partition coefficient (Wildman–Crippen LogP) is 0.884. The first kappa shape index (κ1) is 15.7. The normalized spacial score (nSPS) is 24.5. The molecule has 1 unspecified atom stereocenters. The Kier molecular flexibility index (Phi) is 3.85. The van der Waals surface area contributed by atoms with Crippen LogP contribution in [0.15, 0.2) is 36.7 Å². The van der Waals surface area contributed by atoms with Gasteiger partial charge in [-0.15, -0.1) is 0 Å². The highest BCUT2D eigenvalue weighted by Crippen LogP contribution is 2.20. The van der Waals surface area contributed by atoms with Gasteiger partial charge in [0.1, 0.15) is 0 Å². The Morgan fingerprint density at radius 3 is 2.58 bits per heavy atom. The molecule has 0 aromatic carbocycles. The number of rotatable bonds is 2. The fourth-order valence-corrected chi connectivity index (χ4v) is 5.47. The second-order valence-electron chi connectivity index (χ2n) is 6.65. The summed E-state index contributed by atoms with van der Waals surface area (Å²) in [5, 5.41) is 0. The van der Waals surface area contributed by atoms with Crippen molar-refractivity contribution >= 4 is 21.3 Å². The molecule has 0 spiro atoms. The zero-order valence-corrected chi connectivity index (χ0v) is 14.3. The maximum Gasteiger partial charge on any atom is 0.255 e. The number of amides is 1. The molecule has 4 rings (SSSR count). The highest BCUT2D eigenvalue weighted by molar-refractivity contribution is 7.91. The van der Waals surface area contributed by atoms with E-state index in [1.807, 2.05) is 46.0 Å². The van der Waals surface area contributed by atoms with Crippen LogP contribution in [0.1, 0.15) is 16.8 Å². The average molecular weight is 347 g/mol. The standard InChI is InChI=1S/C17H21N3O3S/c21-17(14-11-15-3-1-2-5-20(15)12-14)19-8-6-18(7-9-19)16-4-10-24(22,23)13-16/h1-3,5,11-12,16H,4,6-10,13H2. The minimum absolute atomic E-state index is 0.0531. The second kappa shape index (κ2) is 5.89. The van der Waals surface area contributed by atoms with Crippen LogP contribution in [0.2, 0.25) is 0 Å².